The number of hydrogen-bond acceptors (Lipinski definition) is 4. The molecular formula is C17H23N3S. The average molecular weight is 301 g/mol. The molecule has 1 aromatic heterocycles. The zero-order chi connectivity index (χ0) is 14.7. The standard InChI is InChI=1S/C17H23N3S/c1-3-20(16-6-4-5-13(2)9-16)11-15-12-21-17(19-15)10-18-14-7-8-14/h4-6,9,12,14,18H,3,7-8,10-11H2,1-2H3. The van der Waals surface area contributed by atoms with Gasteiger partial charge < -0.3 is 10.2 Å². The van der Waals surface area contributed by atoms with Crippen molar-refractivity contribution in [3.8, 4) is 0 Å². The van der Waals surface area contributed by atoms with E-state index in [1.807, 2.05) is 0 Å². The maximum absolute atomic E-state index is 4.76. The van der Waals surface area contributed by atoms with E-state index in [2.05, 4.69) is 53.7 Å². The summed E-state index contributed by atoms with van der Waals surface area (Å²) < 4.78 is 0. The lowest BCUT2D eigenvalue weighted by Gasteiger charge is -2.22. The Balaban J connectivity index is 1.63. The predicted octanol–water partition coefficient (Wildman–Crippen LogP) is 3.73. The van der Waals surface area contributed by atoms with Crippen LogP contribution in [-0.2, 0) is 13.1 Å². The topological polar surface area (TPSA) is 28.2 Å². The number of rotatable bonds is 7. The highest BCUT2D eigenvalue weighted by Crippen LogP contribution is 2.21. The fourth-order valence-electron chi connectivity index (χ4n) is 2.43. The lowest BCUT2D eigenvalue weighted by molar-refractivity contribution is 0.681. The van der Waals surface area contributed by atoms with Crippen molar-refractivity contribution in [2.75, 3.05) is 11.4 Å². The number of nitrogens with one attached hydrogen (secondary N) is 1. The largest absolute Gasteiger partial charge is 0.366 e. The Labute approximate surface area is 131 Å². The molecule has 112 valence electrons. The first-order valence-electron chi connectivity index (χ1n) is 7.73. The van der Waals surface area contributed by atoms with E-state index in [1.54, 1.807) is 11.3 Å². The van der Waals surface area contributed by atoms with Crippen LogP contribution < -0.4 is 10.2 Å². The summed E-state index contributed by atoms with van der Waals surface area (Å²) in [6.07, 6.45) is 2.66. The number of anilines is 1. The monoisotopic (exact) mass is 301 g/mol. The zero-order valence-electron chi connectivity index (χ0n) is 12.8. The molecule has 0 amide bonds. The van der Waals surface area contributed by atoms with Gasteiger partial charge in [-0.2, -0.15) is 0 Å². The van der Waals surface area contributed by atoms with Gasteiger partial charge in [0.1, 0.15) is 5.01 Å². The number of thiazole rings is 1. The maximum atomic E-state index is 4.76. The summed E-state index contributed by atoms with van der Waals surface area (Å²) in [6.45, 7) is 7.15. The quantitative estimate of drug-likeness (QED) is 0.844. The summed E-state index contributed by atoms with van der Waals surface area (Å²) in [5, 5.41) is 6.93. The summed E-state index contributed by atoms with van der Waals surface area (Å²) in [6, 6.07) is 9.43. The predicted molar refractivity (Wildman–Crippen MR) is 89.9 cm³/mol. The fourth-order valence-corrected chi connectivity index (χ4v) is 3.16. The third-order valence-corrected chi connectivity index (χ3v) is 4.72. The maximum Gasteiger partial charge on any atom is 0.107 e. The number of aryl methyl sites for hydroxylation is 1. The van der Waals surface area contributed by atoms with Crippen molar-refractivity contribution in [2.24, 2.45) is 0 Å². The Morgan fingerprint density at radius 1 is 1.38 bits per heavy atom. The van der Waals surface area contributed by atoms with Crippen LogP contribution in [0.5, 0.6) is 0 Å². The second kappa shape index (κ2) is 6.58. The van der Waals surface area contributed by atoms with E-state index < -0.39 is 0 Å². The van der Waals surface area contributed by atoms with Gasteiger partial charge in [0, 0.05) is 30.2 Å². The van der Waals surface area contributed by atoms with Crippen molar-refractivity contribution in [3.05, 3.63) is 45.9 Å². The van der Waals surface area contributed by atoms with Gasteiger partial charge in [-0.25, -0.2) is 4.98 Å². The second-order valence-corrected chi connectivity index (χ2v) is 6.68. The van der Waals surface area contributed by atoms with Gasteiger partial charge in [-0.15, -0.1) is 11.3 Å². The van der Waals surface area contributed by atoms with E-state index in [1.165, 1.54) is 34.8 Å². The normalized spacial score (nSPS) is 14.4. The Morgan fingerprint density at radius 2 is 2.24 bits per heavy atom. The first-order chi connectivity index (χ1) is 10.2. The summed E-state index contributed by atoms with van der Waals surface area (Å²) in [4.78, 5) is 7.14. The van der Waals surface area contributed by atoms with Gasteiger partial charge in [-0.05, 0) is 44.4 Å². The van der Waals surface area contributed by atoms with Gasteiger partial charge in [0.25, 0.3) is 0 Å². The van der Waals surface area contributed by atoms with Crippen molar-refractivity contribution >= 4 is 17.0 Å². The summed E-state index contributed by atoms with van der Waals surface area (Å²) in [7, 11) is 0. The van der Waals surface area contributed by atoms with E-state index in [4.69, 9.17) is 4.98 Å². The molecule has 0 aliphatic heterocycles. The molecule has 0 saturated heterocycles. The third kappa shape index (κ3) is 4.05. The van der Waals surface area contributed by atoms with Crippen molar-refractivity contribution in [1.29, 1.82) is 0 Å². The summed E-state index contributed by atoms with van der Waals surface area (Å²) >= 11 is 1.77. The Morgan fingerprint density at radius 3 is 2.95 bits per heavy atom. The highest BCUT2D eigenvalue weighted by molar-refractivity contribution is 7.09. The lowest BCUT2D eigenvalue weighted by Crippen LogP contribution is -2.22. The van der Waals surface area contributed by atoms with Crippen molar-refractivity contribution in [3.63, 3.8) is 0 Å². The van der Waals surface area contributed by atoms with Gasteiger partial charge in [0.2, 0.25) is 0 Å². The van der Waals surface area contributed by atoms with Crippen LogP contribution in [0.2, 0.25) is 0 Å². The first kappa shape index (κ1) is 14.5. The molecule has 0 atom stereocenters. The van der Waals surface area contributed by atoms with Crippen LogP contribution in [0.1, 0.15) is 36.0 Å². The Kier molecular flexibility index (Phi) is 4.56. The van der Waals surface area contributed by atoms with Crippen LogP contribution in [0.25, 0.3) is 0 Å². The molecule has 2 aromatic rings. The second-order valence-electron chi connectivity index (χ2n) is 5.74. The molecule has 0 spiro atoms. The minimum atomic E-state index is 0.747. The van der Waals surface area contributed by atoms with Crippen molar-refractivity contribution in [2.45, 2.75) is 45.8 Å². The SMILES string of the molecule is CCN(Cc1csc(CNC2CC2)n1)c1cccc(C)c1. The van der Waals surface area contributed by atoms with Crippen LogP contribution in [0.3, 0.4) is 0 Å². The Hall–Kier alpha value is -1.39. The molecule has 1 saturated carbocycles. The minimum absolute atomic E-state index is 0.747. The van der Waals surface area contributed by atoms with Gasteiger partial charge in [-0.1, -0.05) is 12.1 Å². The van der Waals surface area contributed by atoms with Gasteiger partial charge in [-0.3, -0.25) is 0 Å². The summed E-state index contributed by atoms with van der Waals surface area (Å²) in [5.41, 5.74) is 3.76. The van der Waals surface area contributed by atoms with Crippen LogP contribution in [-0.4, -0.2) is 17.6 Å². The van der Waals surface area contributed by atoms with Crippen LogP contribution >= 0.6 is 11.3 Å². The molecule has 3 rings (SSSR count). The van der Waals surface area contributed by atoms with Gasteiger partial charge in [0.15, 0.2) is 0 Å². The van der Waals surface area contributed by atoms with Crippen LogP contribution in [0, 0.1) is 6.92 Å². The van der Waals surface area contributed by atoms with E-state index in [0.29, 0.717) is 0 Å². The molecule has 1 aliphatic carbocycles. The summed E-state index contributed by atoms with van der Waals surface area (Å²) in [5.74, 6) is 0. The Bertz CT molecular complexity index is 589. The number of benzene rings is 1. The van der Waals surface area contributed by atoms with Crippen LogP contribution in [0.15, 0.2) is 29.6 Å². The molecule has 3 nitrogen and oxygen atoms in total. The van der Waals surface area contributed by atoms with E-state index in [0.717, 1.165) is 25.7 Å². The molecule has 0 radical (unpaired) electrons. The van der Waals surface area contributed by atoms with E-state index >= 15 is 0 Å². The molecule has 0 bridgehead atoms. The fraction of sp³-hybridized carbons (Fsp3) is 0.471. The van der Waals surface area contributed by atoms with Crippen molar-refractivity contribution < 1.29 is 0 Å². The van der Waals surface area contributed by atoms with E-state index in [-0.39, 0.29) is 0 Å². The minimum Gasteiger partial charge on any atom is -0.366 e. The molecule has 1 N–H and O–H groups in total. The first-order valence-corrected chi connectivity index (χ1v) is 8.61. The molecule has 1 aliphatic rings. The molecule has 4 heteroatoms. The van der Waals surface area contributed by atoms with E-state index in [9.17, 15) is 0 Å². The molecule has 0 unspecified atom stereocenters. The molecule has 1 heterocycles. The number of nitrogens with zero attached hydrogens (tertiary/aromatic N) is 2. The molecular weight excluding hydrogens is 278 g/mol. The van der Waals surface area contributed by atoms with Gasteiger partial charge >= 0.3 is 0 Å². The number of hydrogen-bond donors (Lipinski definition) is 1. The van der Waals surface area contributed by atoms with Crippen molar-refractivity contribution in [1.82, 2.24) is 10.3 Å². The number of aromatic nitrogens is 1. The molecule has 1 aromatic carbocycles. The van der Waals surface area contributed by atoms with Gasteiger partial charge in [0.05, 0.1) is 12.2 Å². The third-order valence-electron chi connectivity index (χ3n) is 3.82. The lowest BCUT2D eigenvalue weighted by atomic mass is 10.2. The van der Waals surface area contributed by atoms with Crippen LogP contribution in [0.4, 0.5) is 5.69 Å². The average Bonchev–Trinajstić information content (AvgIpc) is 3.21. The highest BCUT2D eigenvalue weighted by Gasteiger charge is 2.20. The highest BCUT2D eigenvalue weighted by atomic mass is 32.1. The smallest absolute Gasteiger partial charge is 0.107 e. The molecule has 1 fully saturated rings. The molecule has 21 heavy (non-hydrogen) atoms. The zero-order valence-corrected chi connectivity index (χ0v) is 13.6.